The van der Waals surface area contributed by atoms with E-state index in [4.69, 9.17) is 5.11 Å². The molecule has 250 valence electrons. The Balaban J connectivity index is 1.33. The zero-order valence-electron chi connectivity index (χ0n) is 26.6. The number of allylic oxidation sites excluding steroid dienone is 10. The van der Waals surface area contributed by atoms with E-state index >= 15 is 0 Å². The van der Waals surface area contributed by atoms with Gasteiger partial charge in [0.1, 0.15) is 5.75 Å². The number of halogens is 3. The molecule has 1 heterocycles. The normalized spacial score (nSPS) is 21.8. The lowest BCUT2D eigenvalue weighted by Gasteiger charge is -2.35. The van der Waals surface area contributed by atoms with E-state index in [1.807, 2.05) is 18.2 Å². The molecule has 1 fully saturated rings. The van der Waals surface area contributed by atoms with Crippen LogP contribution in [0.1, 0.15) is 55.4 Å². The summed E-state index contributed by atoms with van der Waals surface area (Å²) in [6.45, 7) is 6.37. The zero-order valence-corrected chi connectivity index (χ0v) is 26.6. The molecule has 7 nitrogen and oxygen atoms in total. The summed E-state index contributed by atoms with van der Waals surface area (Å²) in [6, 6.07) is 13.2. The van der Waals surface area contributed by atoms with Crippen molar-refractivity contribution in [1.29, 1.82) is 0 Å². The lowest BCUT2D eigenvalue weighted by molar-refractivity contribution is -0.274. The lowest BCUT2D eigenvalue weighted by Crippen LogP contribution is -2.29. The third kappa shape index (κ3) is 8.90. The van der Waals surface area contributed by atoms with Crippen LogP contribution in [0.5, 0.6) is 5.75 Å². The van der Waals surface area contributed by atoms with Crippen molar-refractivity contribution in [2.24, 2.45) is 5.41 Å². The molecular formula is C37H41F3N2O5. The number of nitrogens with zero attached hydrogens (tertiary/aromatic N) is 1. The van der Waals surface area contributed by atoms with Gasteiger partial charge in [0.05, 0.1) is 18.6 Å². The largest absolute Gasteiger partial charge is 0.573 e. The molecule has 0 spiro atoms. The number of rotatable bonds is 11. The number of aliphatic hydroxyl groups is 2. The van der Waals surface area contributed by atoms with E-state index in [0.29, 0.717) is 18.5 Å². The van der Waals surface area contributed by atoms with Gasteiger partial charge in [-0.3, -0.25) is 9.69 Å². The second kappa shape index (κ2) is 14.4. The van der Waals surface area contributed by atoms with E-state index < -0.39 is 30.3 Å². The molecule has 0 aromatic heterocycles. The van der Waals surface area contributed by atoms with Gasteiger partial charge in [-0.1, -0.05) is 86.7 Å². The maximum absolute atomic E-state index is 13.4. The number of nitrogens with one attached hydrogen (secondary N) is 1. The molecule has 2 aromatic carbocycles. The molecule has 1 saturated heterocycles. The topological polar surface area (TPSA) is 102 Å². The van der Waals surface area contributed by atoms with E-state index in [9.17, 15) is 28.2 Å². The third-order valence-corrected chi connectivity index (χ3v) is 8.88. The fourth-order valence-corrected chi connectivity index (χ4v) is 6.53. The number of aliphatic hydroxyl groups excluding tert-OH is 2. The van der Waals surface area contributed by atoms with Crippen LogP contribution in [0, 0.1) is 5.41 Å². The van der Waals surface area contributed by atoms with Gasteiger partial charge in [-0.25, -0.2) is 0 Å². The Morgan fingerprint density at radius 2 is 1.81 bits per heavy atom. The Bertz CT molecular complexity index is 1620. The summed E-state index contributed by atoms with van der Waals surface area (Å²) in [5, 5.41) is 31.3. The van der Waals surface area contributed by atoms with Gasteiger partial charge >= 0.3 is 12.3 Å². The quantitative estimate of drug-likeness (QED) is 0.223. The van der Waals surface area contributed by atoms with Gasteiger partial charge in [-0.15, -0.1) is 13.2 Å². The maximum atomic E-state index is 13.4. The summed E-state index contributed by atoms with van der Waals surface area (Å²) in [4.78, 5) is 13.1. The van der Waals surface area contributed by atoms with Crippen molar-refractivity contribution in [2.45, 2.75) is 64.8 Å². The molecular weight excluding hydrogens is 609 g/mol. The number of carbonyl (C=O) groups is 1. The summed E-state index contributed by atoms with van der Waals surface area (Å²) < 4.78 is 44.8. The zero-order chi connectivity index (χ0) is 33.8. The van der Waals surface area contributed by atoms with E-state index in [1.165, 1.54) is 17.2 Å². The molecule has 2 aromatic rings. The first-order chi connectivity index (χ1) is 22.3. The number of hydrogen-bond donors (Lipinski definition) is 4. The van der Waals surface area contributed by atoms with Crippen molar-refractivity contribution in [3.8, 4) is 5.75 Å². The fraction of sp³-hybridized carbons (Fsp3) is 0.378. The Morgan fingerprint density at radius 3 is 2.49 bits per heavy atom. The minimum Gasteiger partial charge on any atom is -0.481 e. The van der Waals surface area contributed by atoms with Crippen LogP contribution in [0.15, 0.2) is 90.1 Å². The van der Waals surface area contributed by atoms with Gasteiger partial charge in [0.2, 0.25) is 0 Å². The Kier molecular flexibility index (Phi) is 10.6. The van der Waals surface area contributed by atoms with Crippen molar-refractivity contribution >= 4 is 17.1 Å². The summed E-state index contributed by atoms with van der Waals surface area (Å²) in [5.74, 6) is -1.53. The van der Waals surface area contributed by atoms with Gasteiger partial charge in [0, 0.05) is 43.7 Å². The SMILES string of the molecule is CC1(C)C(c2ccc(CNC[C@@H](O)CC(=O)O)c(OC(F)(F)F)c2)=CC=CC1=C1C=CC=C(c2ccc(CN3CC[C@@H](O)C3)cc2)C1. The van der Waals surface area contributed by atoms with E-state index in [0.717, 1.165) is 41.8 Å². The highest BCUT2D eigenvalue weighted by Gasteiger charge is 2.35. The lowest BCUT2D eigenvalue weighted by atomic mass is 9.69. The van der Waals surface area contributed by atoms with Crippen LogP contribution in [0.4, 0.5) is 13.2 Å². The van der Waals surface area contributed by atoms with Crippen LogP contribution in [0.2, 0.25) is 0 Å². The van der Waals surface area contributed by atoms with Gasteiger partial charge in [-0.2, -0.15) is 0 Å². The first kappa shape index (κ1) is 34.4. The second-order valence-electron chi connectivity index (χ2n) is 12.9. The van der Waals surface area contributed by atoms with Crippen molar-refractivity contribution in [2.75, 3.05) is 19.6 Å². The summed E-state index contributed by atoms with van der Waals surface area (Å²) in [5.41, 5.74) is 6.79. The van der Waals surface area contributed by atoms with Crippen molar-refractivity contribution in [1.82, 2.24) is 10.2 Å². The molecule has 0 saturated carbocycles. The molecule has 2 aliphatic carbocycles. The highest BCUT2D eigenvalue weighted by atomic mass is 19.4. The molecule has 4 N–H and O–H groups in total. The predicted molar refractivity (Wildman–Crippen MR) is 175 cm³/mol. The average molecular weight is 651 g/mol. The van der Waals surface area contributed by atoms with Crippen LogP contribution in [-0.4, -0.2) is 64.4 Å². The average Bonchev–Trinajstić information content (AvgIpc) is 3.41. The number of carboxylic acid groups (broad SMARTS) is 1. The number of ether oxygens (including phenoxy) is 1. The minimum atomic E-state index is -4.91. The van der Waals surface area contributed by atoms with Gasteiger partial charge in [0.25, 0.3) is 0 Å². The van der Waals surface area contributed by atoms with Crippen LogP contribution in [-0.2, 0) is 17.9 Å². The molecule has 2 atom stereocenters. The fourth-order valence-electron chi connectivity index (χ4n) is 6.53. The van der Waals surface area contributed by atoms with E-state index in [1.54, 1.807) is 12.1 Å². The third-order valence-electron chi connectivity index (χ3n) is 8.88. The minimum absolute atomic E-state index is 0.0533. The highest BCUT2D eigenvalue weighted by Crippen LogP contribution is 2.48. The smallest absolute Gasteiger partial charge is 0.481 e. The molecule has 5 rings (SSSR count). The summed E-state index contributed by atoms with van der Waals surface area (Å²) in [7, 11) is 0. The molecule has 1 aliphatic heterocycles. The van der Waals surface area contributed by atoms with Crippen LogP contribution in [0.3, 0.4) is 0 Å². The first-order valence-corrected chi connectivity index (χ1v) is 15.8. The maximum Gasteiger partial charge on any atom is 0.573 e. The molecule has 0 radical (unpaired) electrons. The second-order valence-corrected chi connectivity index (χ2v) is 12.9. The first-order valence-electron chi connectivity index (χ1n) is 15.8. The monoisotopic (exact) mass is 650 g/mol. The number of aliphatic carboxylic acids is 1. The van der Waals surface area contributed by atoms with Crippen LogP contribution >= 0.6 is 0 Å². The molecule has 10 heteroatoms. The molecule has 3 aliphatic rings. The van der Waals surface area contributed by atoms with Gasteiger partial charge in [-0.05, 0) is 57.9 Å². The van der Waals surface area contributed by atoms with Crippen molar-refractivity contribution < 1.29 is 38.0 Å². The number of β-amino-alcohol motifs (C(OH)–C–C–N with tert-alkyl or cyclic N) is 1. The van der Waals surface area contributed by atoms with Crippen LogP contribution in [0.25, 0.3) is 11.1 Å². The van der Waals surface area contributed by atoms with E-state index in [2.05, 4.69) is 71.3 Å². The summed E-state index contributed by atoms with van der Waals surface area (Å²) >= 11 is 0. The predicted octanol–water partition coefficient (Wildman–Crippen LogP) is 6.40. The Hall–Kier alpha value is -3.96. The summed E-state index contributed by atoms with van der Waals surface area (Å²) in [6.07, 6.45) is 6.83. The van der Waals surface area contributed by atoms with Gasteiger partial charge < -0.3 is 25.4 Å². The number of alkyl halides is 3. The molecule has 0 bridgehead atoms. The van der Waals surface area contributed by atoms with Crippen molar-refractivity contribution in [3.63, 3.8) is 0 Å². The Labute approximate surface area is 273 Å². The van der Waals surface area contributed by atoms with Crippen molar-refractivity contribution in [3.05, 3.63) is 112 Å². The number of hydrogen-bond acceptors (Lipinski definition) is 6. The number of carboxylic acids is 1. The standard InChI is InChI=1S/C37H41F3N2O5/c1-36(2)32(27-6-3-5-26(17-27)25-11-9-24(10-12-25)22-42-16-15-30(43)23-42)7-4-8-33(36)28-13-14-29(34(18-28)47-37(38,39)40)20-41-21-31(44)19-35(45)46/h3-14,18,30-31,41,43-44H,15-17,19-23H2,1-2H3,(H,45,46)/t30-,31+/m1/s1. The van der Waals surface area contributed by atoms with Gasteiger partial charge in [0.15, 0.2) is 0 Å². The molecule has 0 amide bonds. The Morgan fingerprint density at radius 1 is 1.09 bits per heavy atom. The number of likely N-dealkylation sites (tertiary alicyclic amines) is 1. The van der Waals surface area contributed by atoms with Crippen LogP contribution < -0.4 is 10.1 Å². The van der Waals surface area contributed by atoms with E-state index in [-0.39, 0.29) is 30.5 Å². The molecule has 0 unspecified atom stereocenters. The number of benzene rings is 2. The molecule has 47 heavy (non-hydrogen) atoms. The highest BCUT2D eigenvalue weighted by molar-refractivity contribution is 5.80.